The Bertz CT molecular complexity index is 784. The van der Waals surface area contributed by atoms with Gasteiger partial charge in [0.25, 0.3) is 0 Å². The van der Waals surface area contributed by atoms with E-state index in [-0.39, 0.29) is 5.82 Å². The summed E-state index contributed by atoms with van der Waals surface area (Å²) in [7, 11) is 0. The fourth-order valence-electron chi connectivity index (χ4n) is 2.33. The van der Waals surface area contributed by atoms with Crippen LogP contribution in [0.3, 0.4) is 0 Å². The number of nitrogens with zero attached hydrogens (tertiary/aromatic N) is 3. The van der Waals surface area contributed by atoms with E-state index in [1.807, 2.05) is 24.5 Å². The van der Waals surface area contributed by atoms with Crippen LogP contribution in [0, 0.1) is 5.82 Å². The predicted molar refractivity (Wildman–Crippen MR) is 90.2 cm³/mol. The van der Waals surface area contributed by atoms with Crippen molar-refractivity contribution in [2.75, 3.05) is 0 Å². The number of aromatic nitrogens is 3. The molecular formula is C18H18FN3S. The molecule has 3 aromatic rings. The zero-order valence-corrected chi connectivity index (χ0v) is 13.9. The Morgan fingerprint density at radius 2 is 1.96 bits per heavy atom. The fraction of sp³-hybridized carbons (Fsp3) is 0.222. The van der Waals surface area contributed by atoms with Gasteiger partial charge in [0.15, 0.2) is 0 Å². The highest BCUT2D eigenvalue weighted by Crippen LogP contribution is 2.34. The van der Waals surface area contributed by atoms with Gasteiger partial charge in [-0.1, -0.05) is 31.7 Å². The van der Waals surface area contributed by atoms with Crippen LogP contribution in [0.1, 0.15) is 31.0 Å². The van der Waals surface area contributed by atoms with E-state index < -0.39 is 0 Å². The highest BCUT2D eigenvalue weighted by Gasteiger charge is 2.16. The summed E-state index contributed by atoms with van der Waals surface area (Å²) in [4.78, 5) is 9.49. The van der Waals surface area contributed by atoms with Gasteiger partial charge in [-0.2, -0.15) is 0 Å². The Morgan fingerprint density at radius 3 is 2.65 bits per heavy atom. The number of imidazole rings is 1. The smallest absolute Gasteiger partial charge is 0.124 e. The normalized spacial score (nSPS) is 11.1. The van der Waals surface area contributed by atoms with Crippen LogP contribution in [0.5, 0.6) is 0 Å². The molecule has 0 aliphatic heterocycles. The number of benzene rings is 1. The molecule has 2 heterocycles. The van der Waals surface area contributed by atoms with Gasteiger partial charge in [0.2, 0.25) is 0 Å². The van der Waals surface area contributed by atoms with Crippen molar-refractivity contribution in [3.8, 4) is 0 Å². The summed E-state index contributed by atoms with van der Waals surface area (Å²) < 4.78 is 15.6. The zero-order chi connectivity index (χ0) is 16.2. The molecule has 3 nitrogen and oxygen atoms in total. The second-order valence-corrected chi connectivity index (χ2v) is 6.69. The Balaban J connectivity index is 1.94. The first-order valence-corrected chi connectivity index (χ1v) is 8.32. The first kappa shape index (κ1) is 15.7. The van der Waals surface area contributed by atoms with Crippen LogP contribution in [0.15, 0.2) is 65.0 Å². The van der Waals surface area contributed by atoms with Crippen molar-refractivity contribution < 1.29 is 4.39 Å². The van der Waals surface area contributed by atoms with E-state index in [4.69, 9.17) is 0 Å². The van der Waals surface area contributed by atoms with Crippen LogP contribution in [0.2, 0.25) is 0 Å². The summed E-state index contributed by atoms with van der Waals surface area (Å²) in [5, 5.41) is 1.06. The van der Waals surface area contributed by atoms with Crippen LogP contribution in [0.4, 0.5) is 4.39 Å². The molecule has 3 rings (SSSR count). The van der Waals surface area contributed by atoms with Gasteiger partial charge in [0.05, 0.1) is 12.0 Å². The lowest BCUT2D eigenvalue weighted by Gasteiger charge is -2.11. The fourth-order valence-corrected chi connectivity index (χ4v) is 3.50. The van der Waals surface area contributed by atoms with Crippen LogP contribution >= 0.6 is 11.8 Å². The molecule has 0 aliphatic rings. The summed E-state index contributed by atoms with van der Waals surface area (Å²) in [6.45, 7) is 4.96. The first-order valence-electron chi connectivity index (χ1n) is 7.51. The summed E-state index contributed by atoms with van der Waals surface area (Å²) in [5.41, 5.74) is 2.20. The Labute approximate surface area is 139 Å². The van der Waals surface area contributed by atoms with Crippen molar-refractivity contribution in [3.63, 3.8) is 0 Å². The number of halogens is 1. The molecule has 0 unspecified atom stereocenters. The molecule has 0 spiro atoms. The minimum absolute atomic E-state index is 0.221. The third-order valence-electron chi connectivity index (χ3n) is 3.48. The van der Waals surface area contributed by atoms with Gasteiger partial charge >= 0.3 is 0 Å². The monoisotopic (exact) mass is 327 g/mol. The average Bonchev–Trinajstić information content (AvgIpc) is 2.91. The summed E-state index contributed by atoms with van der Waals surface area (Å²) in [5.74, 6) is 0.0889. The van der Waals surface area contributed by atoms with Crippen molar-refractivity contribution in [2.45, 2.75) is 36.2 Å². The van der Waals surface area contributed by atoms with Gasteiger partial charge in [0, 0.05) is 23.8 Å². The lowest BCUT2D eigenvalue weighted by atomic mass is 10.1. The second-order valence-electron chi connectivity index (χ2n) is 5.63. The quantitative estimate of drug-likeness (QED) is 0.678. The van der Waals surface area contributed by atoms with Crippen molar-refractivity contribution >= 4 is 11.8 Å². The number of pyridine rings is 1. The number of rotatable bonds is 5. The number of hydrogen-bond acceptors (Lipinski definition) is 3. The van der Waals surface area contributed by atoms with E-state index >= 15 is 0 Å². The highest BCUT2D eigenvalue weighted by molar-refractivity contribution is 7.99. The van der Waals surface area contributed by atoms with Gasteiger partial charge in [-0.15, -0.1) is 0 Å². The molecule has 0 N–H and O–H groups in total. The molecule has 0 radical (unpaired) electrons. The lowest BCUT2D eigenvalue weighted by Crippen LogP contribution is -2.01. The molecule has 0 atom stereocenters. The second kappa shape index (κ2) is 6.96. The third-order valence-corrected chi connectivity index (χ3v) is 4.60. The third kappa shape index (κ3) is 3.79. The number of hydrogen-bond donors (Lipinski definition) is 0. The zero-order valence-electron chi connectivity index (χ0n) is 13.1. The van der Waals surface area contributed by atoms with Crippen LogP contribution in [-0.4, -0.2) is 14.5 Å². The Hall–Kier alpha value is -2.14. The van der Waals surface area contributed by atoms with Crippen LogP contribution < -0.4 is 0 Å². The molecule has 0 amide bonds. The molecule has 0 saturated carbocycles. The minimum atomic E-state index is -0.221. The SMILES string of the molecule is CC(C)c1ncn(Cc2ccncc2)c1Sc1cccc(F)c1. The first-order chi connectivity index (χ1) is 11.1. The van der Waals surface area contributed by atoms with Crippen molar-refractivity contribution in [3.05, 3.63) is 72.2 Å². The molecule has 2 aromatic heterocycles. The molecule has 118 valence electrons. The summed E-state index contributed by atoms with van der Waals surface area (Å²) in [6, 6.07) is 10.6. The Morgan fingerprint density at radius 1 is 1.17 bits per heavy atom. The molecule has 0 fully saturated rings. The van der Waals surface area contributed by atoms with E-state index in [1.165, 1.54) is 6.07 Å². The highest BCUT2D eigenvalue weighted by atomic mass is 32.2. The van der Waals surface area contributed by atoms with E-state index in [1.54, 1.807) is 36.3 Å². The average molecular weight is 327 g/mol. The van der Waals surface area contributed by atoms with E-state index in [2.05, 4.69) is 28.4 Å². The minimum Gasteiger partial charge on any atom is -0.321 e. The van der Waals surface area contributed by atoms with Gasteiger partial charge < -0.3 is 4.57 Å². The molecule has 5 heteroatoms. The van der Waals surface area contributed by atoms with Crippen LogP contribution in [-0.2, 0) is 6.54 Å². The van der Waals surface area contributed by atoms with E-state index in [0.29, 0.717) is 5.92 Å². The van der Waals surface area contributed by atoms with Crippen molar-refractivity contribution in [1.29, 1.82) is 0 Å². The maximum absolute atomic E-state index is 13.5. The van der Waals surface area contributed by atoms with Crippen molar-refractivity contribution in [1.82, 2.24) is 14.5 Å². The topological polar surface area (TPSA) is 30.7 Å². The van der Waals surface area contributed by atoms with Gasteiger partial charge in [-0.3, -0.25) is 4.98 Å². The Kier molecular flexibility index (Phi) is 4.76. The molecule has 0 bridgehead atoms. The molecule has 0 aliphatic carbocycles. The van der Waals surface area contributed by atoms with Gasteiger partial charge in [-0.05, 0) is 41.8 Å². The largest absolute Gasteiger partial charge is 0.321 e. The summed E-state index contributed by atoms with van der Waals surface area (Å²) in [6.07, 6.45) is 5.43. The maximum atomic E-state index is 13.5. The molecule has 23 heavy (non-hydrogen) atoms. The maximum Gasteiger partial charge on any atom is 0.124 e. The van der Waals surface area contributed by atoms with Crippen molar-refractivity contribution in [2.24, 2.45) is 0 Å². The lowest BCUT2D eigenvalue weighted by molar-refractivity contribution is 0.624. The van der Waals surface area contributed by atoms with Gasteiger partial charge in [0.1, 0.15) is 10.8 Å². The standard InChI is InChI=1S/C18H18FN3S/c1-13(2)17-18(23-16-5-3-4-15(19)10-16)22(12-21-17)11-14-6-8-20-9-7-14/h3-10,12-13H,11H2,1-2H3. The van der Waals surface area contributed by atoms with E-state index in [0.717, 1.165) is 27.7 Å². The summed E-state index contributed by atoms with van der Waals surface area (Å²) >= 11 is 1.55. The molecule has 0 saturated heterocycles. The predicted octanol–water partition coefficient (Wildman–Crippen LogP) is 4.74. The van der Waals surface area contributed by atoms with Gasteiger partial charge in [-0.25, -0.2) is 9.37 Å². The molecular weight excluding hydrogens is 309 g/mol. The van der Waals surface area contributed by atoms with E-state index in [9.17, 15) is 4.39 Å². The molecule has 1 aromatic carbocycles. The van der Waals surface area contributed by atoms with Crippen LogP contribution in [0.25, 0.3) is 0 Å².